The Morgan fingerprint density at radius 2 is 2.11 bits per heavy atom. The quantitative estimate of drug-likeness (QED) is 0.823. The van der Waals surface area contributed by atoms with Gasteiger partial charge in [-0.15, -0.1) is 0 Å². The molecule has 1 aromatic rings. The van der Waals surface area contributed by atoms with Gasteiger partial charge in [0.05, 0.1) is 10.9 Å². The second-order valence-corrected chi connectivity index (χ2v) is 6.67. The average molecular weight is 285 g/mol. The molecular weight excluding hydrogens is 270 g/mol. The van der Waals surface area contributed by atoms with E-state index in [0.29, 0.717) is 10.9 Å². The number of nitrogens with zero attached hydrogens (tertiary/aromatic N) is 1. The highest BCUT2D eigenvalue weighted by atomic mass is 32.2. The van der Waals surface area contributed by atoms with Crippen molar-refractivity contribution in [2.45, 2.75) is 24.3 Å². The molecule has 1 aromatic carbocycles. The molecule has 1 aliphatic rings. The van der Waals surface area contributed by atoms with Crippen LogP contribution in [0.5, 0.6) is 0 Å². The summed E-state index contributed by atoms with van der Waals surface area (Å²) in [5.41, 5.74) is 6.06. The van der Waals surface area contributed by atoms with Crippen molar-refractivity contribution in [2.24, 2.45) is 4.99 Å². The fraction of sp³-hybridized carbons (Fsp3) is 0.364. The van der Waals surface area contributed by atoms with E-state index in [1.807, 2.05) is 6.92 Å². The highest BCUT2D eigenvalue weighted by Gasteiger charge is 2.22. The van der Waals surface area contributed by atoms with Crippen LogP contribution in [0.1, 0.15) is 13.3 Å². The minimum absolute atomic E-state index is 0.194. The lowest BCUT2D eigenvalue weighted by Gasteiger charge is -2.06. The van der Waals surface area contributed by atoms with Gasteiger partial charge in [0, 0.05) is 11.4 Å². The van der Waals surface area contributed by atoms with Gasteiger partial charge < -0.3 is 5.73 Å². The number of thioether (sulfide) groups is 1. The van der Waals surface area contributed by atoms with Gasteiger partial charge in [0.15, 0.2) is 5.17 Å². The normalized spacial score (nSPS) is 19.6. The third kappa shape index (κ3) is 2.97. The van der Waals surface area contributed by atoms with Crippen molar-refractivity contribution in [2.75, 3.05) is 11.5 Å². The topological polar surface area (TPSA) is 84.5 Å². The molecule has 1 heterocycles. The largest absolute Gasteiger partial charge is 0.399 e. The Labute approximate surface area is 111 Å². The van der Waals surface area contributed by atoms with Crippen LogP contribution in [0.4, 0.5) is 5.69 Å². The Hall–Kier alpha value is -1.21. The van der Waals surface area contributed by atoms with Crippen LogP contribution < -0.4 is 10.5 Å². The summed E-state index contributed by atoms with van der Waals surface area (Å²) in [5, 5.41) is 0.471. The lowest BCUT2D eigenvalue weighted by Crippen LogP contribution is -2.27. The number of sulfonamides is 1. The highest BCUT2D eigenvalue weighted by Crippen LogP contribution is 2.20. The molecule has 0 bridgehead atoms. The SMILES string of the molecule is CCC1CSC(NS(=O)(=O)c2ccc(N)cc2)=N1. The molecule has 1 aliphatic heterocycles. The van der Waals surface area contributed by atoms with Crippen LogP contribution >= 0.6 is 11.8 Å². The van der Waals surface area contributed by atoms with E-state index in [0.717, 1.165) is 12.2 Å². The number of rotatable bonds is 3. The van der Waals surface area contributed by atoms with Crippen LogP contribution in [0, 0.1) is 0 Å². The summed E-state index contributed by atoms with van der Waals surface area (Å²) in [6, 6.07) is 6.30. The number of amidine groups is 1. The Kier molecular flexibility index (Phi) is 3.82. The predicted octanol–water partition coefficient (Wildman–Crippen LogP) is 1.43. The van der Waals surface area contributed by atoms with Gasteiger partial charge in [-0.25, -0.2) is 8.42 Å². The average Bonchev–Trinajstić information content (AvgIpc) is 2.76. The molecule has 0 aromatic heterocycles. The monoisotopic (exact) mass is 285 g/mol. The molecule has 0 radical (unpaired) electrons. The summed E-state index contributed by atoms with van der Waals surface area (Å²) >= 11 is 1.43. The summed E-state index contributed by atoms with van der Waals surface area (Å²) < 4.78 is 26.6. The van der Waals surface area contributed by atoms with Gasteiger partial charge in [-0.2, -0.15) is 0 Å². The molecule has 2 rings (SSSR count). The van der Waals surface area contributed by atoms with Crippen LogP contribution in [0.25, 0.3) is 0 Å². The Morgan fingerprint density at radius 1 is 1.44 bits per heavy atom. The smallest absolute Gasteiger partial charge is 0.263 e. The molecule has 0 aliphatic carbocycles. The minimum atomic E-state index is -3.55. The van der Waals surface area contributed by atoms with Crippen LogP contribution in [-0.4, -0.2) is 25.4 Å². The first-order chi connectivity index (χ1) is 8.51. The Morgan fingerprint density at radius 3 is 2.67 bits per heavy atom. The zero-order valence-corrected chi connectivity index (χ0v) is 11.6. The number of nitrogen functional groups attached to an aromatic ring is 1. The summed E-state index contributed by atoms with van der Waals surface area (Å²) in [4.78, 5) is 4.49. The van der Waals surface area contributed by atoms with Crippen molar-refractivity contribution in [1.82, 2.24) is 4.72 Å². The van der Waals surface area contributed by atoms with Crippen molar-refractivity contribution in [3.63, 3.8) is 0 Å². The molecule has 0 spiro atoms. The third-order valence-electron chi connectivity index (χ3n) is 2.60. The standard InChI is InChI=1S/C11H15N3O2S2/c1-2-9-7-17-11(13-9)14-18(15,16)10-5-3-8(12)4-6-10/h3-6,9H,2,7,12H2,1H3,(H,13,14). The van der Waals surface area contributed by atoms with Gasteiger partial charge in [-0.05, 0) is 30.7 Å². The Balaban J connectivity index is 2.15. The first kappa shape index (κ1) is 13.2. The van der Waals surface area contributed by atoms with Crippen molar-refractivity contribution in [3.8, 4) is 0 Å². The maximum Gasteiger partial charge on any atom is 0.263 e. The number of aliphatic imine (C=N–C) groups is 1. The van der Waals surface area contributed by atoms with Crippen molar-refractivity contribution >= 4 is 32.6 Å². The molecule has 1 unspecified atom stereocenters. The number of benzene rings is 1. The van der Waals surface area contributed by atoms with E-state index in [2.05, 4.69) is 9.71 Å². The van der Waals surface area contributed by atoms with Crippen LogP contribution in [0.3, 0.4) is 0 Å². The number of hydrogen-bond acceptors (Lipinski definition) is 5. The molecule has 0 saturated carbocycles. The number of anilines is 1. The van der Waals surface area contributed by atoms with Crippen LogP contribution in [0.15, 0.2) is 34.2 Å². The first-order valence-electron chi connectivity index (χ1n) is 5.60. The minimum Gasteiger partial charge on any atom is -0.399 e. The van der Waals surface area contributed by atoms with Crippen molar-refractivity contribution in [3.05, 3.63) is 24.3 Å². The molecule has 1 atom stereocenters. The zero-order valence-electron chi connectivity index (χ0n) is 9.96. The van der Waals surface area contributed by atoms with Gasteiger partial charge in [0.25, 0.3) is 10.0 Å². The van der Waals surface area contributed by atoms with Crippen LogP contribution in [-0.2, 0) is 10.0 Å². The number of hydrogen-bond donors (Lipinski definition) is 2. The Bertz CT molecular complexity index is 552. The van der Waals surface area contributed by atoms with Gasteiger partial charge in [0.1, 0.15) is 0 Å². The van der Waals surface area contributed by atoms with Crippen molar-refractivity contribution < 1.29 is 8.42 Å². The summed E-state index contributed by atoms with van der Waals surface area (Å²) in [5.74, 6) is 0.829. The molecule has 0 saturated heterocycles. The lowest BCUT2D eigenvalue weighted by molar-refractivity contribution is 0.592. The third-order valence-corrected chi connectivity index (χ3v) is 5.11. The van der Waals surface area contributed by atoms with Gasteiger partial charge in [0.2, 0.25) is 0 Å². The van der Waals surface area contributed by atoms with Gasteiger partial charge in [-0.1, -0.05) is 18.7 Å². The van der Waals surface area contributed by atoms with E-state index in [1.165, 1.54) is 23.9 Å². The maximum absolute atomic E-state index is 12.0. The lowest BCUT2D eigenvalue weighted by atomic mass is 10.3. The zero-order chi connectivity index (χ0) is 13.2. The van der Waals surface area contributed by atoms with E-state index in [9.17, 15) is 8.42 Å². The fourth-order valence-corrected chi connectivity index (χ4v) is 3.85. The highest BCUT2D eigenvalue weighted by molar-refractivity contribution is 8.15. The summed E-state index contributed by atoms with van der Waals surface area (Å²) in [7, 11) is -3.55. The van der Waals surface area contributed by atoms with E-state index in [1.54, 1.807) is 12.1 Å². The maximum atomic E-state index is 12.0. The second-order valence-electron chi connectivity index (χ2n) is 3.98. The molecule has 3 N–H and O–H groups in total. The van der Waals surface area contributed by atoms with E-state index >= 15 is 0 Å². The van der Waals surface area contributed by atoms with E-state index < -0.39 is 10.0 Å². The molecule has 18 heavy (non-hydrogen) atoms. The fourth-order valence-electron chi connectivity index (χ4n) is 1.50. The van der Waals surface area contributed by atoms with Gasteiger partial charge in [-0.3, -0.25) is 9.71 Å². The first-order valence-corrected chi connectivity index (χ1v) is 8.07. The van der Waals surface area contributed by atoms with Crippen LogP contribution in [0.2, 0.25) is 0 Å². The second kappa shape index (κ2) is 5.19. The molecule has 0 fully saturated rings. The molecule has 5 nitrogen and oxygen atoms in total. The molecule has 98 valence electrons. The summed E-state index contributed by atoms with van der Waals surface area (Å²) in [6.45, 7) is 2.03. The molecule has 7 heteroatoms. The number of nitrogens with one attached hydrogen (secondary N) is 1. The molecular formula is C11H15N3O2S2. The molecule has 0 amide bonds. The van der Waals surface area contributed by atoms with Crippen molar-refractivity contribution in [1.29, 1.82) is 0 Å². The summed E-state index contributed by atoms with van der Waals surface area (Å²) in [6.07, 6.45) is 0.917. The van der Waals surface area contributed by atoms with Gasteiger partial charge >= 0.3 is 0 Å². The predicted molar refractivity (Wildman–Crippen MR) is 75.1 cm³/mol. The number of nitrogens with two attached hydrogens (primary N) is 1. The van der Waals surface area contributed by atoms with E-state index in [-0.39, 0.29) is 10.9 Å². The van der Waals surface area contributed by atoms with E-state index in [4.69, 9.17) is 5.73 Å².